The highest BCUT2D eigenvalue weighted by Crippen LogP contribution is 2.19. The summed E-state index contributed by atoms with van der Waals surface area (Å²) in [6.07, 6.45) is 3.68. The van der Waals surface area contributed by atoms with Gasteiger partial charge in [0.15, 0.2) is 0 Å². The first-order valence-electron chi connectivity index (χ1n) is 7.12. The molecule has 0 spiro atoms. The molecule has 0 atom stereocenters. The zero-order valence-electron chi connectivity index (χ0n) is 12.6. The van der Waals surface area contributed by atoms with Crippen LogP contribution in [0.15, 0.2) is 78.0 Å². The third kappa shape index (κ3) is 3.37. The SMILES string of the molecule is NS(=O)(=O)c1cccc(NC(=O)c2ccccc2-n2cccc2)c1. The lowest BCUT2D eigenvalue weighted by Crippen LogP contribution is -2.16. The Bertz CT molecular complexity index is 980. The molecule has 0 radical (unpaired) electrons. The maximum absolute atomic E-state index is 12.6. The van der Waals surface area contributed by atoms with E-state index < -0.39 is 10.0 Å². The second-order valence-corrected chi connectivity index (χ2v) is 6.70. The molecule has 24 heavy (non-hydrogen) atoms. The molecular weight excluding hydrogens is 326 g/mol. The normalized spacial score (nSPS) is 11.2. The van der Waals surface area contributed by atoms with Crippen molar-refractivity contribution in [1.29, 1.82) is 0 Å². The van der Waals surface area contributed by atoms with Crippen molar-refractivity contribution in [3.05, 3.63) is 78.6 Å². The lowest BCUT2D eigenvalue weighted by molar-refractivity contribution is 0.102. The molecular formula is C17H15N3O3S. The Morgan fingerprint density at radius 1 is 0.958 bits per heavy atom. The number of hydrogen-bond acceptors (Lipinski definition) is 3. The first-order chi connectivity index (χ1) is 11.4. The lowest BCUT2D eigenvalue weighted by Gasteiger charge is -2.11. The number of hydrogen-bond donors (Lipinski definition) is 2. The van der Waals surface area contributed by atoms with Gasteiger partial charge in [0.05, 0.1) is 16.1 Å². The van der Waals surface area contributed by atoms with E-state index in [1.165, 1.54) is 18.2 Å². The summed E-state index contributed by atoms with van der Waals surface area (Å²) in [6, 6.07) is 16.7. The van der Waals surface area contributed by atoms with Crippen molar-refractivity contribution in [1.82, 2.24) is 4.57 Å². The molecule has 3 aromatic rings. The Hall–Kier alpha value is -2.90. The molecule has 0 fully saturated rings. The van der Waals surface area contributed by atoms with Crippen LogP contribution < -0.4 is 10.5 Å². The van der Waals surface area contributed by atoms with Crippen LogP contribution in [0, 0.1) is 0 Å². The number of carbonyl (C=O) groups excluding carboxylic acids is 1. The highest BCUT2D eigenvalue weighted by molar-refractivity contribution is 7.89. The highest BCUT2D eigenvalue weighted by atomic mass is 32.2. The van der Waals surface area contributed by atoms with Crippen LogP contribution >= 0.6 is 0 Å². The molecule has 0 aliphatic heterocycles. The summed E-state index contributed by atoms with van der Waals surface area (Å²) in [5, 5.41) is 7.81. The lowest BCUT2D eigenvalue weighted by atomic mass is 10.1. The minimum Gasteiger partial charge on any atom is -0.323 e. The maximum Gasteiger partial charge on any atom is 0.257 e. The number of nitrogens with two attached hydrogens (primary N) is 1. The van der Waals surface area contributed by atoms with Crippen molar-refractivity contribution in [2.45, 2.75) is 4.90 Å². The molecule has 1 amide bonds. The Balaban J connectivity index is 1.92. The Labute approximate surface area is 139 Å². The maximum atomic E-state index is 12.6. The number of primary sulfonamides is 1. The standard InChI is InChI=1S/C17H15N3O3S/c18-24(22,23)14-7-5-6-13(12-14)19-17(21)15-8-1-2-9-16(15)20-10-3-4-11-20/h1-12H,(H,19,21)(H2,18,22,23). The summed E-state index contributed by atoms with van der Waals surface area (Å²) in [4.78, 5) is 12.5. The van der Waals surface area contributed by atoms with Crippen molar-refractivity contribution < 1.29 is 13.2 Å². The molecule has 122 valence electrons. The number of sulfonamides is 1. The van der Waals surface area contributed by atoms with Crippen LogP contribution in [-0.4, -0.2) is 18.9 Å². The van der Waals surface area contributed by atoms with Gasteiger partial charge in [-0.15, -0.1) is 0 Å². The van der Waals surface area contributed by atoms with E-state index in [0.29, 0.717) is 11.3 Å². The fourth-order valence-corrected chi connectivity index (χ4v) is 2.89. The van der Waals surface area contributed by atoms with Gasteiger partial charge in [0, 0.05) is 18.1 Å². The van der Waals surface area contributed by atoms with Crippen molar-refractivity contribution in [3.63, 3.8) is 0 Å². The molecule has 0 saturated heterocycles. The molecule has 1 aromatic heterocycles. The van der Waals surface area contributed by atoms with Gasteiger partial charge >= 0.3 is 0 Å². The minimum atomic E-state index is -3.82. The molecule has 6 nitrogen and oxygen atoms in total. The Kier molecular flexibility index (Phi) is 4.20. The van der Waals surface area contributed by atoms with Crippen molar-refractivity contribution >= 4 is 21.6 Å². The van der Waals surface area contributed by atoms with Crippen LogP contribution in [0.3, 0.4) is 0 Å². The molecule has 2 aromatic carbocycles. The summed E-state index contributed by atoms with van der Waals surface area (Å²) in [6.45, 7) is 0. The van der Waals surface area contributed by atoms with Crippen molar-refractivity contribution in [3.8, 4) is 5.69 Å². The van der Waals surface area contributed by atoms with Gasteiger partial charge < -0.3 is 9.88 Å². The number of anilines is 1. The Morgan fingerprint density at radius 2 is 1.67 bits per heavy atom. The number of nitrogens with one attached hydrogen (secondary N) is 1. The summed E-state index contributed by atoms with van der Waals surface area (Å²) in [5.41, 5.74) is 1.55. The third-order valence-corrected chi connectivity index (χ3v) is 4.36. The zero-order chi connectivity index (χ0) is 17.2. The predicted octanol–water partition coefficient (Wildman–Crippen LogP) is 2.38. The average Bonchev–Trinajstić information content (AvgIpc) is 3.08. The number of carbonyl (C=O) groups is 1. The molecule has 0 aliphatic carbocycles. The van der Waals surface area contributed by atoms with Gasteiger partial charge in [0.25, 0.3) is 5.91 Å². The third-order valence-electron chi connectivity index (χ3n) is 3.45. The summed E-state index contributed by atoms with van der Waals surface area (Å²) >= 11 is 0. The smallest absolute Gasteiger partial charge is 0.257 e. The molecule has 0 bridgehead atoms. The van der Waals surface area contributed by atoms with Crippen molar-refractivity contribution in [2.75, 3.05) is 5.32 Å². The molecule has 0 aliphatic rings. The fraction of sp³-hybridized carbons (Fsp3) is 0. The molecule has 3 rings (SSSR count). The number of nitrogens with zero attached hydrogens (tertiary/aromatic N) is 1. The van der Waals surface area contributed by atoms with E-state index >= 15 is 0 Å². The highest BCUT2D eigenvalue weighted by Gasteiger charge is 2.14. The Morgan fingerprint density at radius 3 is 2.38 bits per heavy atom. The first-order valence-corrected chi connectivity index (χ1v) is 8.66. The number of para-hydroxylation sites is 1. The van der Waals surface area contributed by atoms with Crippen LogP contribution in [0.25, 0.3) is 5.69 Å². The van der Waals surface area contributed by atoms with Crippen LogP contribution in [0.2, 0.25) is 0 Å². The number of amides is 1. The van der Waals surface area contributed by atoms with Crippen LogP contribution in [0.4, 0.5) is 5.69 Å². The number of benzene rings is 2. The number of aromatic nitrogens is 1. The van der Waals surface area contributed by atoms with Crippen LogP contribution in [-0.2, 0) is 10.0 Å². The second-order valence-electron chi connectivity index (χ2n) is 5.13. The molecule has 3 N–H and O–H groups in total. The van der Waals surface area contributed by atoms with Crippen LogP contribution in [0.5, 0.6) is 0 Å². The monoisotopic (exact) mass is 341 g/mol. The quantitative estimate of drug-likeness (QED) is 0.763. The summed E-state index contributed by atoms with van der Waals surface area (Å²) in [7, 11) is -3.82. The van der Waals surface area contributed by atoms with E-state index in [1.807, 2.05) is 41.2 Å². The van der Waals surface area contributed by atoms with Gasteiger partial charge in [-0.1, -0.05) is 18.2 Å². The van der Waals surface area contributed by atoms with Gasteiger partial charge in [-0.05, 0) is 42.5 Å². The van der Waals surface area contributed by atoms with Gasteiger partial charge in [-0.2, -0.15) is 0 Å². The van der Waals surface area contributed by atoms with E-state index in [0.717, 1.165) is 5.69 Å². The van der Waals surface area contributed by atoms with E-state index in [4.69, 9.17) is 5.14 Å². The van der Waals surface area contributed by atoms with Gasteiger partial charge in [-0.3, -0.25) is 4.79 Å². The van der Waals surface area contributed by atoms with Crippen LogP contribution in [0.1, 0.15) is 10.4 Å². The van der Waals surface area contributed by atoms with E-state index in [9.17, 15) is 13.2 Å². The van der Waals surface area contributed by atoms with Crippen molar-refractivity contribution in [2.24, 2.45) is 5.14 Å². The van der Waals surface area contributed by atoms with Gasteiger partial charge in [0.1, 0.15) is 0 Å². The molecule has 1 heterocycles. The summed E-state index contributed by atoms with van der Waals surface area (Å²) < 4.78 is 24.7. The molecule has 0 unspecified atom stereocenters. The van der Waals surface area contributed by atoms with Gasteiger partial charge in [-0.25, -0.2) is 13.6 Å². The number of rotatable bonds is 4. The topological polar surface area (TPSA) is 94.2 Å². The first kappa shape index (κ1) is 16.0. The minimum absolute atomic E-state index is 0.0565. The zero-order valence-corrected chi connectivity index (χ0v) is 13.4. The van der Waals surface area contributed by atoms with E-state index in [2.05, 4.69) is 5.32 Å². The molecule has 0 saturated carbocycles. The van der Waals surface area contributed by atoms with E-state index in [1.54, 1.807) is 18.2 Å². The largest absolute Gasteiger partial charge is 0.323 e. The molecule has 7 heteroatoms. The second kappa shape index (κ2) is 6.31. The van der Waals surface area contributed by atoms with E-state index in [-0.39, 0.29) is 10.8 Å². The summed E-state index contributed by atoms with van der Waals surface area (Å²) in [5.74, 6) is -0.342. The average molecular weight is 341 g/mol. The fourth-order valence-electron chi connectivity index (χ4n) is 2.34. The van der Waals surface area contributed by atoms with Gasteiger partial charge in [0.2, 0.25) is 10.0 Å². The predicted molar refractivity (Wildman–Crippen MR) is 91.5 cm³/mol.